The number of carbonyl (C=O) groups excluding carboxylic acids is 3. The molecule has 0 aliphatic rings. The van der Waals surface area contributed by atoms with Gasteiger partial charge in [-0.15, -0.1) is 0 Å². The van der Waals surface area contributed by atoms with Crippen LogP contribution >= 0.6 is 7.82 Å². The number of esters is 2. The lowest BCUT2D eigenvalue weighted by Gasteiger charge is -2.40. The third-order valence-corrected chi connectivity index (χ3v) is 8.34. The maximum atomic E-state index is 13.5. The van der Waals surface area contributed by atoms with E-state index in [1.54, 1.807) is 27.7 Å². The molecule has 0 aliphatic heterocycles. The summed E-state index contributed by atoms with van der Waals surface area (Å²) >= 11 is 0. The van der Waals surface area contributed by atoms with Crippen molar-refractivity contribution in [3.05, 3.63) is 0 Å². The molecule has 0 amide bonds. The quantitative estimate of drug-likeness (QED) is 0.0650. The molecule has 1 N–H and O–H groups in total. The molecule has 3 unspecified atom stereocenters. The molecular formula is C30H59NO10P+. The second-order valence-electron chi connectivity index (χ2n) is 13.2. The average Bonchev–Trinajstić information content (AvgIpc) is 2.87. The Hall–Kier alpha value is -1.36. The van der Waals surface area contributed by atoms with Crippen molar-refractivity contribution >= 4 is 25.5 Å². The van der Waals surface area contributed by atoms with E-state index in [0.717, 1.165) is 12.8 Å². The van der Waals surface area contributed by atoms with Gasteiger partial charge in [-0.25, -0.2) is 4.57 Å². The number of Topliss-reactive ketones (excluding diaryl/α,β-unsaturated/α-hetero) is 1. The maximum absolute atomic E-state index is 13.5. The molecule has 0 radical (unpaired) electrons. The van der Waals surface area contributed by atoms with Crippen LogP contribution in [0.1, 0.15) is 93.4 Å². The number of likely N-dealkylation sites (N-methyl/N-ethyl adjacent to an activating group) is 1. The van der Waals surface area contributed by atoms with Gasteiger partial charge >= 0.3 is 19.8 Å². The highest BCUT2D eigenvalue weighted by atomic mass is 31.2. The normalized spacial score (nSPS) is 16.6. The van der Waals surface area contributed by atoms with Gasteiger partial charge in [0.2, 0.25) is 0 Å². The first-order chi connectivity index (χ1) is 19.3. The minimum atomic E-state index is -4.23. The molecule has 3 atom stereocenters. The topological polar surface area (TPSA) is 135 Å². The van der Waals surface area contributed by atoms with Gasteiger partial charge in [-0.1, -0.05) is 27.2 Å². The van der Waals surface area contributed by atoms with E-state index in [4.69, 9.17) is 23.3 Å². The van der Waals surface area contributed by atoms with Gasteiger partial charge in [-0.2, -0.15) is 0 Å². The summed E-state index contributed by atoms with van der Waals surface area (Å²) in [7, 11) is 1.59. The summed E-state index contributed by atoms with van der Waals surface area (Å²) in [6.07, 6.45) is 2.66. The first-order valence-corrected chi connectivity index (χ1v) is 16.6. The zero-order valence-corrected chi connectivity index (χ0v) is 28.8. The Balaban J connectivity index is 5.55. The van der Waals surface area contributed by atoms with Gasteiger partial charge in [-0.3, -0.25) is 23.4 Å². The highest BCUT2D eigenvalue weighted by Crippen LogP contribution is 2.47. The van der Waals surface area contributed by atoms with Gasteiger partial charge in [0.1, 0.15) is 25.5 Å². The van der Waals surface area contributed by atoms with Crippen molar-refractivity contribution < 1.29 is 51.6 Å². The number of phosphoric acid groups is 1. The summed E-state index contributed by atoms with van der Waals surface area (Å²) in [4.78, 5) is 49.9. The van der Waals surface area contributed by atoms with Gasteiger partial charge in [-0.05, 0) is 59.8 Å². The molecule has 11 nitrogen and oxygen atoms in total. The van der Waals surface area contributed by atoms with Crippen molar-refractivity contribution in [2.75, 3.05) is 67.3 Å². The minimum absolute atomic E-state index is 0.0614. The van der Waals surface area contributed by atoms with Crippen LogP contribution in [0.5, 0.6) is 0 Å². The molecule has 0 saturated heterocycles. The molecule has 0 heterocycles. The lowest BCUT2D eigenvalue weighted by molar-refractivity contribution is -0.870. The van der Waals surface area contributed by atoms with Gasteiger partial charge in [0, 0.05) is 18.4 Å². The van der Waals surface area contributed by atoms with Crippen molar-refractivity contribution in [1.82, 2.24) is 0 Å². The second-order valence-corrected chi connectivity index (χ2v) is 14.7. The second kappa shape index (κ2) is 18.4. The van der Waals surface area contributed by atoms with Gasteiger partial charge in [0.15, 0.2) is 0 Å². The Labute approximate surface area is 254 Å². The number of carbonyl (C=O) groups is 3. The highest BCUT2D eigenvalue weighted by Gasteiger charge is 2.49. The number of ketones is 1. The minimum Gasteiger partial charge on any atom is -0.465 e. The predicted molar refractivity (Wildman–Crippen MR) is 162 cm³/mol. The fraction of sp³-hybridized carbons (Fsp3) is 0.900. The standard InChI is InChI=1S/C30H58NO10P/c1-11-14-18-38-26(33)28(4,5)23-30(7,27(34)39-22-21-37-13-3)24-29(6,12-2)25(32)16-15-19-40-42(35,36)41-20-17-31(8,9)10/h11-24H2,1-10H3/p+1. The summed E-state index contributed by atoms with van der Waals surface area (Å²) in [6, 6.07) is 0. The number of quaternary nitrogens is 1. The van der Waals surface area contributed by atoms with Crippen molar-refractivity contribution in [3.8, 4) is 0 Å². The van der Waals surface area contributed by atoms with Crippen LogP contribution in [0.4, 0.5) is 0 Å². The smallest absolute Gasteiger partial charge is 0.465 e. The number of ether oxygens (including phenoxy) is 3. The predicted octanol–water partition coefficient (Wildman–Crippen LogP) is 5.33. The number of hydrogen-bond acceptors (Lipinski definition) is 9. The van der Waals surface area contributed by atoms with E-state index in [-0.39, 0.29) is 57.9 Å². The maximum Gasteiger partial charge on any atom is 0.472 e. The Kier molecular flexibility index (Phi) is 17.9. The van der Waals surface area contributed by atoms with E-state index < -0.39 is 36.0 Å². The SMILES string of the molecule is CCCCOC(=O)C(C)(C)CC(C)(CC(C)(CC)C(=O)CCCOP(=O)(O)OCC[N+](C)(C)C)C(=O)OCCOCC. The van der Waals surface area contributed by atoms with E-state index in [1.165, 1.54) is 0 Å². The summed E-state index contributed by atoms with van der Waals surface area (Å²) in [6.45, 7) is 14.3. The van der Waals surface area contributed by atoms with Crippen molar-refractivity contribution in [3.63, 3.8) is 0 Å². The fourth-order valence-corrected chi connectivity index (χ4v) is 5.48. The van der Waals surface area contributed by atoms with E-state index in [2.05, 4.69) is 0 Å². The van der Waals surface area contributed by atoms with Crippen molar-refractivity contribution in [2.24, 2.45) is 16.2 Å². The molecule has 248 valence electrons. The number of hydrogen-bond donors (Lipinski definition) is 1. The average molecular weight is 625 g/mol. The third kappa shape index (κ3) is 15.9. The van der Waals surface area contributed by atoms with E-state index in [1.807, 2.05) is 41.9 Å². The molecule has 0 aromatic rings. The first kappa shape index (κ1) is 40.6. The van der Waals surface area contributed by atoms with Crippen LogP contribution in [-0.4, -0.2) is 94.4 Å². The molecule has 0 aromatic carbocycles. The Bertz CT molecular complexity index is 888. The van der Waals surface area contributed by atoms with Crippen LogP contribution in [0.2, 0.25) is 0 Å². The number of nitrogens with zero attached hydrogens (tertiary/aromatic N) is 1. The van der Waals surface area contributed by atoms with Gasteiger partial charge < -0.3 is 23.6 Å². The van der Waals surface area contributed by atoms with Crippen LogP contribution < -0.4 is 0 Å². The zero-order chi connectivity index (χ0) is 32.7. The lowest BCUT2D eigenvalue weighted by atomic mass is 9.63. The fourth-order valence-electron chi connectivity index (χ4n) is 4.73. The van der Waals surface area contributed by atoms with Crippen molar-refractivity contribution in [2.45, 2.75) is 93.4 Å². The molecule has 12 heteroatoms. The van der Waals surface area contributed by atoms with Crippen LogP contribution in [-0.2, 0) is 42.2 Å². The summed E-state index contributed by atoms with van der Waals surface area (Å²) < 4.78 is 39.2. The molecule has 0 bridgehead atoms. The molecule has 0 aliphatic carbocycles. The Morgan fingerprint density at radius 1 is 0.762 bits per heavy atom. The molecular weight excluding hydrogens is 565 g/mol. The Morgan fingerprint density at radius 3 is 1.90 bits per heavy atom. The van der Waals surface area contributed by atoms with Crippen molar-refractivity contribution in [1.29, 1.82) is 0 Å². The van der Waals surface area contributed by atoms with E-state index in [9.17, 15) is 23.8 Å². The Morgan fingerprint density at radius 2 is 1.36 bits per heavy atom. The van der Waals surface area contributed by atoms with Crippen LogP contribution in [0.15, 0.2) is 0 Å². The van der Waals surface area contributed by atoms with E-state index >= 15 is 0 Å². The monoisotopic (exact) mass is 624 g/mol. The van der Waals surface area contributed by atoms with Gasteiger partial charge in [0.25, 0.3) is 0 Å². The largest absolute Gasteiger partial charge is 0.472 e. The van der Waals surface area contributed by atoms with Crippen LogP contribution in [0, 0.1) is 16.2 Å². The number of phosphoric ester groups is 1. The number of rotatable bonds is 24. The highest BCUT2D eigenvalue weighted by molar-refractivity contribution is 7.47. The zero-order valence-electron chi connectivity index (χ0n) is 27.9. The summed E-state index contributed by atoms with van der Waals surface area (Å²) in [5, 5.41) is 0. The molecule has 0 fully saturated rings. The molecule has 0 aromatic heterocycles. The van der Waals surface area contributed by atoms with Gasteiger partial charge in [0.05, 0.1) is 51.8 Å². The third-order valence-electron chi connectivity index (χ3n) is 7.33. The molecule has 0 spiro atoms. The molecule has 42 heavy (non-hydrogen) atoms. The summed E-state index contributed by atoms with van der Waals surface area (Å²) in [5.74, 6) is -1.01. The molecule has 0 saturated carbocycles. The van der Waals surface area contributed by atoms with Crippen LogP contribution in [0.25, 0.3) is 0 Å². The van der Waals surface area contributed by atoms with E-state index in [0.29, 0.717) is 30.7 Å². The lowest BCUT2D eigenvalue weighted by Crippen LogP contribution is -2.44. The summed E-state index contributed by atoms with van der Waals surface area (Å²) in [5.41, 5.74) is -3.09. The molecule has 0 rings (SSSR count). The van der Waals surface area contributed by atoms with Crippen LogP contribution in [0.3, 0.4) is 0 Å². The first-order valence-electron chi connectivity index (χ1n) is 15.2. The number of unbranched alkanes of at least 4 members (excludes halogenated alkanes) is 1.